The summed E-state index contributed by atoms with van der Waals surface area (Å²) in [5.41, 5.74) is -0.324. The number of benzene rings is 2. The lowest BCUT2D eigenvalue weighted by molar-refractivity contribution is -0.384. The fraction of sp³-hybridized carbons (Fsp3) is 0. The molecule has 0 radical (unpaired) electrons. The molecule has 3 rings (SSSR count). The quantitative estimate of drug-likeness (QED) is 0.442. The molecule has 7 heteroatoms. The lowest BCUT2D eigenvalue weighted by atomic mass is 9.99. The van der Waals surface area contributed by atoms with Crippen molar-refractivity contribution in [3.63, 3.8) is 0 Å². The third-order valence-corrected chi connectivity index (χ3v) is 3.37. The van der Waals surface area contributed by atoms with Crippen molar-refractivity contribution in [1.82, 2.24) is 0 Å². The summed E-state index contributed by atoms with van der Waals surface area (Å²) in [5.74, 6) is -0.0902. The maximum atomic E-state index is 12.2. The molecule has 0 aliphatic carbocycles. The fourth-order valence-corrected chi connectivity index (χ4v) is 2.32. The third kappa shape index (κ3) is 2.38. The maximum Gasteiger partial charge on any atom is 0.345 e. The molecule has 0 amide bonds. The predicted octanol–water partition coefficient (Wildman–Crippen LogP) is 2.95. The van der Waals surface area contributed by atoms with Crippen molar-refractivity contribution in [3.05, 3.63) is 68.6 Å². The van der Waals surface area contributed by atoms with Gasteiger partial charge in [-0.1, -0.05) is 0 Å². The Bertz CT molecular complexity index is 1030. The molecule has 3 aromatic rings. The van der Waals surface area contributed by atoms with Gasteiger partial charge in [0.2, 0.25) is 0 Å². The summed E-state index contributed by atoms with van der Waals surface area (Å²) in [5, 5.41) is 29.9. The average Bonchev–Trinajstić information content (AvgIpc) is 2.53. The number of non-ortho nitro benzene ring substituents is 1. The van der Waals surface area contributed by atoms with Crippen molar-refractivity contribution < 1.29 is 14.4 Å². The third-order valence-electron chi connectivity index (χ3n) is 3.37. The van der Waals surface area contributed by atoms with Crippen LogP contribution in [0, 0.1) is 21.4 Å². The summed E-state index contributed by atoms with van der Waals surface area (Å²) >= 11 is 0. The smallest absolute Gasteiger partial charge is 0.345 e. The van der Waals surface area contributed by atoms with Crippen LogP contribution >= 0.6 is 0 Å². The van der Waals surface area contributed by atoms with Crippen molar-refractivity contribution in [3.8, 4) is 22.9 Å². The molecular weight excluding hydrogens is 300 g/mol. The Kier molecular flexibility index (Phi) is 3.27. The number of nitriles is 1. The summed E-state index contributed by atoms with van der Waals surface area (Å²) in [6, 6.07) is 11.3. The number of fused-ring (bicyclic) bond motifs is 1. The molecule has 112 valence electrons. The summed E-state index contributed by atoms with van der Waals surface area (Å²) < 4.78 is 5.15. The molecule has 0 aliphatic rings. The van der Waals surface area contributed by atoms with Gasteiger partial charge >= 0.3 is 5.63 Å². The van der Waals surface area contributed by atoms with Gasteiger partial charge in [-0.3, -0.25) is 10.1 Å². The van der Waals surface area contributed by atoms with Crippen LogP contribution in [-0.4, -0.2) is 10.0 Å². The Morgan fingerprint density at radius 3 is 2.48 bits per heavy atom. The van der Waals surface area contributed by atoms with E-state index >= 15 is 0 Å². The molecule has 0 bridgehead atoms. The molecule has 0 atom stereocenters. The summed E-state index contributed by atoms with van der Waals surface area (Å²) in [6.07, 6.45) is 0. The highest BCUT2D eigenvalue weighted by Gasteiger charge is 2.17. The monoisotopic (exact) mass is 308 g/mol. The van der Waals surface area contributed by atoms with Crippen molar-refractivity contribution >= 4 is 16.7 Å². The predicted molar refractivity (Wildman–Crippen MR) is 81.0 cm³/mol. The molecule has 1 aromatic heterocycles. The number of phenolic OH excluding ortho intramolecular Hbond substituents is 1. The van der Waals surface area contributed by atoms with Crippen molar-refractivity contribution in [2.45, 2.75) is 0 Å². The zero-order valence-corrected chi connectivity index (χ0v) is 11.5. The van der Waals surface area contributed by atoms with Gasteiger partial charge in [0, 0.05) is 23.6 Å². The molecular formula is C16H8N2O5. The molecule has 1 N–H and O–H groups in total. The standard InChI is InChI=1S/C16H8N2O5/c17-8-13-12-6-5-11(19)7-14(12)23-16(20)15(13)9-1-3-10(4-2-9)18(21)22/h1-7,19H. The first-order chi connectivity index (χ1) is 11.0. The van der Waals surface area contributed by atoms with Gasteiger partial charge < -0.3 is 9.52 Å². The van der Waals surface area contributed by atoms with Crippen LogP contribution in [0.15, 0.2) is 51.7 Å². The van der Waals surface area contributed by atoms with E-state index in [1.807, 2.05) is 6.07 Å². The van der Waals surface area contributed by atoms with Gasteiger partial charge in [0.15, 0.2) is 0 Å². The molecule has 0 spiro atoms. The van der Waals surface area contributed by atoms with Gasteiger partial charge in [0.05, 0.1) is 16.1 Å². The number of nitro groups is 1. The van der Waals surface area contributed by atoms with Gasteiger partial charge in [0.1, 0.15) is 17.4 Å². The maximum absolute atomic E-state index is 12.2. The highest BCUT2D eigenvalue weighted by molar-refractivity contribution is 5.90. The van der Waals surface area contributed by atoms with Crippen molar-refractivity contribution in [2.75, 3.05) is 0 Å². The number of rotatable bonds is 2. The molecule has 0 unspecified atom stereocenters. The second kappa shape index (κ2) is 5.27. The van der Waals surface area contributed by atoms with Crippen LogP contribution in [0.2, 0.25) is 0 Å². The Hall–Kier alpha value is -3.66. The molecule has 0 aliphatic heterocycles. The van der Waals surface area contributed by atoms with E-state index in [4.69, 9.17) is 4.42 Å². The Labute approximate surface area is 128 Å². The van der Waals surface area contributed by atoms with Gasteiger partial charge in [-0.25, -0.2) is 4.79 Å². The largest absolute Gasteiger partial charge is 0.508 e. The molecule has 0 saturated carbocycles. The van der Waals surface area contributed by atoms with E-state index in [1.54, 1.807) is 0 Å². The number of hydrogen-bond donors (Lipinski definition) is 1. The zero-order chi connectivity index (χ0) is 16.6. The van der Waals surface area contributed by atoms with E-state index in [-0.39, 0.29) is 28.1 Å². The molecule has 7 nitrogen and oxygen atoms in total. The Morgan fingerprint density at radius 2 is 1.87 bits per heavy atom. The summed E-state index contributed by atoms with van der Waals surface area (Å²) in [6.45, 7) is 0. The first-order valence-electron chi connectivity index (χ1n) is 6.46. The van der Waals surface area contributed by atoms with Crippen molar-refractivity contribution in [2.24, 2.45) is 0 Å². The number of aromatic hydroxyl groups is 1. The van der Waals surface area contributed by atoms with Crippen LogP contribution in [0.25, 0.3) is 22.1 Å². The lowest BCUT2D eigenvalue weighted by Gasteiger charge is -2.06. The zero-order valence-electron chi connectivity index (χ0n) is 11.5. The van der Waals surface area contributed by atoms with Crippen LogP contribution in [0.3, 0.4) is 0 Å². The average molecular weight is 308 g/mol. The van der Waals surface area contributed by atoms with E-state index < -0.39 is 10.5 Å². The Morgan fingerprint density at radius 1 is 1.17 bits per heavy atom. The summed E-state index contributed by atoms with van der Waals surface area (Å²) in [4.78, 5) is 22.4. The minimum absolute atomic E-state index is 0.0283. The highest BCUT2D eigenvalue weighted by atomic mass is 16.6. The molecule has 2 aromatic carbocycles. The number of nitro benzene ring substituents is 1. The lowest BCUT2D eigenvalue weighted by Crippen LogP contribution is -2.06. The van der Waals surface area contributed by atoms with E-state index in [0.29, 0.717) is 10.9 Å². The van der Waals surface area contributed by atoms with E-state index in [0.717, 1.165) is 0 Å². The van der Waals surface area contributed by atoms with Crippen LogP contribution in [0.5, 0.6) is 5.75 Å². The number of phenols is 1. The normalized spacial score (nSPS) is 10.4. The molecule has 1 heterocycles. The van der Waals surface area contributed by atoms with Gasteiger partial charge in [0.25, 0.3) is 5.69 Å². The van der Waals surface area contributed by atoms with Crippen LogP contribution < -0.4 is 5.63 Å². The SMILES string of the molecule is N#Cc1c(-c2ccc([N+](=O)[O-])cc2)c(=O)oc2cc(O)ccc12. The van der Waals surface area contributed by atoms with Crippen LogP contribution in [-0.2, 0) is 0 Å². The molecule has 0 fully saturated rings. The fourth-order valence-electron chi connectivity index (χ4n) is 2.32. The van der Waals surface area contributed by atoms with Gasteiger partial charge in [-0.2, -0.15) is 5.26 Å². The first kappa shape index (κ1) is 14.3. The van der Waals surface area contributed by atoms with E-state index in [2.05, 4.69) is 0 Å². The number of nitrogens with zero attached hydrogens (tertiary/aromatic N) is 2. The van der Waals surface area contributed by atoms with Gasteiger partial charge in [-0.15, -0.1) is 0 Å². The van der Waals surface area contributed by atoms with Crippen LogP contribution in [0.4, 0.5) is 5.69 Å². The molecule has 0 saturated heterocycles. The molecule has 23 heavy (non-hydrogen) atoms. The minimum atomic E-state index is -0.756. The first-order valence-corrected chi connectivity index (χ1v) is 6.46. The van der Waals surface area contributed by atoms with E-state index in [9.17, 15) is 25.3 Å². The second-order valence-electron chi connectivity index (χ2n) is 4.74. The Balaban J connectivity index is 2.31. The topological polar surface area (TPSA) is 117 Å². The van der Waals surface area contributed by atoms with Gasteiger partial charge in [-0.05, 0) is 29.8 Å². The van der Waals surface area contributed by atoms with Crippen molar-refractivity contribution in [1.29, 1.82) is 5.26 Å². The number of hydrogen-bond acceptors (Lipinski definition) is 6. The summed E-state index contributed by atoms with van der Waals surface area (Å²) in [7, 11) is 0. The highest BCUT2D eigenvalue weighted by Crippen LogP contribution is 2.29. The second-order valence-corrected chi connectivity index (χ2v) is 4.74. The minimum Gasteiger partial charge on any atom is -0.508 e. The van der Waals surface area contributed by atoms with E-state index in [1.165, 1.54) is 42.5 Å². The van der Waals surface area contributed by atoms with Crippen LogP contribution in [0.1, 0.15) is 5.56 Å².